The number of fused-ring (bicyclic) bond motifs is 1. The first-order valence-corrected chi connectivity index (χ1v) is 9.12. The third kappa shape index (κ3) is 5.68. The second-order valence-electron chi connectivity index (χ2n) is 6.64. The molecule has 0 aliphatic rings. The van der Waals surface area contributed by atoms with Crippen molar-refractivity contribution in [2.24, 2.45) is 0 Å². The zero-order chi connectivity index (χ0) is 22.6. The Morgan fingerprint density at radius 1 is 1.26 bits per heavy atom. The van der Waals surface area contributed by atoms with Gasteiger partial charge >= 0.3 is 6.18 Å². The van der Waals surface area contributed by atoms with Crippen molar-refractivity contribution in [1.29, 1.82) is 0 Å². The van der Waals surface area contributed by atoms with Gasteiger partial charge in [-0.25, -0.2) is 4.98 Å². The number of rotatable bonds is 7. The van der Waals surface area contributed by atoms with Gasteiger partial charge in [-0.15, -0.1) is 0 Å². The fourth-order valence-electron chi connectivity index (χ4n) is 2.78. The van der Waals surface area contributed by atoms with Gasteiger partial charge < -0.3 is 15.4 Å². The van der Waals surface area contributed by atoms with Crippen LogP contribution < -0.4 is 15.4 Å². The SMILES string of the molecule is CNC(=O)CNC(=O)c1nccc2nn(Cc3cnc(OCC(F)(F)F)c(C)c3)cc12. The second kappa shape index (κ2) is 8.98. The number of pyridine rings is 2. The summed E-state index contributed by atoms with van der Waals surface area (Å²) < 4.78 is 43.2. The molecule has 0 bridgehead atoms. The van der Waals surface area contributed by atoms with Crippen LogP contribution in [0.5, 0.6) is 5.88 Å². The van der Waals surface area contributed by atoms with Gasteiger partial charge in [0.1, 0.15) is 5.69 Å². The van der Waals surface area contributed by atoms with E-state index in [2.05, 4.69) is 25.7 Å². The number of alkyl halides is 3. The van der Waals surface area contributed by atoms with Gasteiger partial charge in [0, 0.05) is 31.2 Å². The number of likely N-dealkylation sites (N-methyl/N-ethyl adjacent to an activating group) is 1. The molecule has 2 N–H and O–H groups in total. The molecule has 3 heterocycles. The van der Waals surface area contributed by atoms with Crippen molar-refractivity contribution in [3.8, 4) is 5.88 Å². The third-order valence-corrected chi connectivity index (χ3v) is 4.19. The molecule has 31 heavy (non-hydrogen) atoms. The van der Waals surface area contributed by atoms with Crippen molar-refractivity contribution in [3.05, 3.63) is 47.5 Å². The maximum absolute atomic E-state index is 12.4. The predicted octanol–water partition coefficient (Wildman–Crippen LogP) is 1.60. The summed E-state index contributed by atoms with van der Waals surface area (Å²) >= 11 is 0. The van der Waals surface area contributed by atoms with Crippen LogP contribution in [0.15, 0.2) is 30.7 Å². The van der Waals surface area contributed by atoms with Crippen LogP contribution in [0.2, 0.25) is 0 Å². The fourth-order valence-corrected chi connectivity index (χ4v) is 2.78. The minimum absolute atomic E-state index is 0.0917. The number of ether oxygens (including phenoxy) is 1. The van der Waals surface area contributed by atoms with Crippen molar-refractivity contribution in [2.45, 2.75) is 19.6 Å². The Labute approximate surface area is 174 Å². The highest BCUT2D eigenvalue weighted by Gasteiger charge is 2.29. The molecule has 2 amide bonds. The van der Waals surface area contributed by atoms with Crippen LogP contribution in [-0.4, -0.2) is 57.9 Å². The lowest BCUT2D eigenvalue weighted by Crippen LogP contribution is -2.35. The topological polar surface area (TPSA) is 111 Å². The summed E-state index contributed by atoms with van der Waals surface area (Å²) in [4.78, 5) is 31.7. The first-order valence-electron chi connectivity index (χ1n) is 9.12. The number of aryl methyl sites for hydroxylation is 1. The molecule has 3 rings (SSSR count). The minimum Gasteiger partial charge on any atom is -0.468 e. The Hall–Kier alpha value is -3.70. The Kier molecular flexibility index (Phi) is 6.37. The number of amides is 2. The van der Waals surface area contributed by atoms with Gasteiger partial charge in [-0.1, -0.05) is 0 Å². The van der Waals surface area contributed by atoms with Gasteiger partial charge in [0.15, 0.2) is 6.61 Å². The average Bonchev–Trinajstić information content (AvgIpc) is 3.12. The zero-order valence-corrected chi connectivity index (χ0v) is 16.7. The van der Waals surface area contributed by atoms with E-state index in [0.29, 0.717) is 22.0 Å². The number of aromatic nitrogens is 4. The summed E-state index contributed by atoms with van der Waals surface area (Å²) in [6, 6.07) is 3.29. The molecule has 0 aliphatic heterocycles. The smallest absolute Gasteiger partial charge is 0.422 e. The van der Waals surface area contributed by atoms with Gasteiger partial charge in [0.05, 0.1) is 24.0 Å². The molecule has 0 saturated carbocycles. The van der Waals surface area contributed by atoms with Crippen molar-refractivity contribution >= 4 is 22.7 Å². The monoisotopic (exact) mass is 436 g/mol. The predicted molar refractivity (Wildman–Crippen MR) is 104 cm³/mol. The maximum atomic E-state index is 12.4. The van der Waals surface area contributed by atoms with Crippen LogP contribution in [0.3, 0.4) is 0 Å². The lowest BCUT2D eigenvalue weighted by molar-refractivity contribution is -0.154. The maximum Gasteiger partial charge on any atom is 0.422 e. The molecule has 12 heteroatoms. The molecule has 0 fully saturated rings. The van der Waals surface area contributed by atoms with Crippen LogP contribution in [0.25, 0.3) is 10.9 Å². The second-order valence-corrected chi connectivity index (χ2v) is 6.64. The van der Waals surface area contributed by atoms with E-state index >= 15 is 0 Å². The first kappa shape index (κ1) is 22.0. The molecular formula is C19H19F3N6O3. The molecule has 3 aromatic rings. The number of halogens is 3. The van der Waals surface area contributed by atoms with E-state index in [1.807, 2.05) is 0 Å². The van der Waals surface area contributed by atoms with Gasteiger partial charge in [-0.2, -0.15) is 18.3 Å². The number of hydrogen-bond donors (Lipinski definition) is 2. The Morgan fingerprint density at radius 3 is 2.71 bits per heavy atom. The quantitative estimate of drug-likeness (QED) is 0.582. The zero-order valence-electron chi connectivity index (χ0n) is 16.7. The summed E-state index contributed by atoms with van der Waals surface area (Å²) in [5.41, 5.74) is 1.78. The largest absolute Gasteiger partial charge is 0.468 e. The standard InChI is InChI=1S/C19H19F3N6O3/c1-11-5-12(6-26-18(11)31-10-19(20,21)22)8-28-9-13-14(27-28)3-4-24-16(13)17(30)25-7-15(29)23-2/h3-6,9H,7-8,10H2,1-2H3,(H,23,29)(H,25,30). The Balaban J connectivity index is 1.76. The van der Waals surface area contributed by atoms with Crippen LogP contribution in [0, 0.1) is 6.92 Å². The van der Waals surface area contributed by atoms with Crippen molar-refractivity contribution in [2.75, 3.05) is 20.2 Å². The summed E-state index contributed by atoms with van der Waals surface area (Å²) in [5.74, 6) is -0.954. The van der Waals surface area contributed by atoms with E-state index in [-0.39, 0.29) is 30.6 Å². The van der Waals surface area contributed by atoms with Crippen molar-refractivity contribution in [1.82, 2.24) is 30.4 Å². The highest BCUT2D eigenvalue weighted by atomic mass is 19.4. The summed E-state index contributed by atoms with van der Waals surface area (Å²) in [7, 11) is 1.46. The van der Waals surface area contributed by atoms with Gasteiger partial charge in [0.25, 0.3) is 5.91 Å². The Bertz CT molecular complexity index is 1110. The summed E-state index contributed by atoms with van der Waals surface area (Å²) in [5, 5.41) is 9.77. The van der Waals surface area contributed by atoms with Crippen molar-refractivity contribution < 1.29 is 27.5 Å². The highest BCUT2D eigenvalue weighted by molar-refractivity contribution is 6.05. The summed E-state index contributed by atoms with van der Waals surface area (Å²) in [6.45, 7) is 0.264. The van der Waals surface area contributed by atoms with E-state index in [0.717, 1.165) is 0 Å². The minimum atomic E-state index is -4.44. The van der Waals surface area contributed by atoms with Gasteiger partial charge in [-0.3, -0.25) is 19.3 Å². The molecule has 0 atom stereocenters. The van der Waals surface area contributed by atoms with Crippen LogP contribution >= 0.6 is 0 Å². The molecule has 0 radical (unpaired) electrons. The molecule has 0 spiro atoms. The molecule has 0 unspecified atom stereocenters. The van der Waals surface area contributed by atoms with Crippen molar-refractivity contribution in [3.63, 3.8) is 0 Å². The molecular weight excluding hydrogens is 417 g/mol. The van der Waals surface area contributed by atoms with E-state index < -0.39 is 18.7 Å². The average molecular weight is 436 g/mol. The normalized spacial score (nSPS) is 11.4. The number of carbonyl (C=O) groups is 2. The fraction of sp³-hybridized carbons (Fsp3) is 0.316. The third-order valence-electron chi connectivity index (χ3n) is 4.19. The van der Waals surface area contributed by atoms with E-state index in [9.17, 15) is 22.8 Å². The number of nitrogens with zero attached hydrogens (tertiary/aromatic N) is 4. The Morgan fingerprint density at radius 2 is 2.03 bits per heavy atom. The lowest BCUT2D eigenvalue weighted by atomic mass is 10.2. The van der Waals surface area contributed by atoms with Gasteiger partial charge in [0.2, 0.25) is 11.8 Å². The molecule has 3 aromatic heterocycles. The lowest BCUT2D eigenvalue weighted by Gasteiger charge is -2.11. The number of hydrogen-bond acceptors (Lipinski definition) is 6. The highest BCUT2D eigenvalue weighted by Crippen LogP contribution is 2.21. The number of nitrogens with one attached hydrogen (secondary N) is 2. The molecule has 0 saturated heterocycles. The van der Waals surface area contributed by atoms with E-state index in [1.165, 1.54) is 19.4 Å². The van der Waals surface area contributed by atoms with Crippen LogP contribution in [-0.2, 0) is 11.3 Å². The molecule has 0 aromatic carbocycles. The first-order chi connectivity index (χ1) is 14.7. The summed E-state index contributed by atoms with van der Waals surface area (Å²) in [6.07, 6.45) is 0.0219. The number of carbonyl (C=O) groups excluding carboxylic acids is 2. The van der Waals surface area contributed by atoms with E-state index in [4.69, 9.17) is 4.74 Å². The van der Waals surface area contributed by atoms with Crippen LogP contribution in [0.4, 0.5) is 13.2 Å². The molecule has 0 aliphatic carbocycles. The van der Waals surface area contributed by atoms with E-state index in [1.54, 1.807) is 29.9 Å². The molecule has 9 nitrogen and oxygen atoms in total. The molecule has 164 valence electrons. The van der Waals surface area contributed by atoms with Crippen LogP contribution in [0.1, 0.15) is 21.6 Å². The van der Waals surface area contributed by atoms with Gasteiger partial charge in [-0.05, 0) is 24.6 Å².